The van der Waals surface area contributed by atoms with Gasteiger partial charge in [0.15, 0.2) is 0 Å². The Labute approximate surface area is 115 Å². The van der Waals surface area contributed by atoms with Gasteiger partial charge in [-0.05, 0) is 45.6 Å². The van der Waals surface area contributed by atoms with E-state index in [1.807, 2.05) is 31.1 Å². The van der Waals surface area contributed by atoms with Gasteiger partial charge in [0.1, 0.15) is 6.04 Å². The van der Waals surface area contributed by atoms with Crippen molar-refractivity contribution in [2.24, 2.45) is 0 Å². The van der Waals surface area contributed by atoms with E-state index in [-0.39, 0.29) is 11.9 Å². The lowest BCUT2D eigenvalue weighted by Gasteiger charge is -2.43. The van der Waals surface area contributed by atoms with Crippen molar-refractivity contribution in [3.8, 4) is 0 Å². The molecule has 1 aromatic rings. The SMILES string of the molecule is CNCC1C(=O)N(c2cccc(C)c2)CC(C)N1C. The molecule has 4 nitrogen and oxygen atoms in total. The molecule has 2 unspecified atom stereocenters. The first-order chi connectivity index (χ1) is 9.04. The number of aryl methyl sites for hydroxylation is 1. The third-order valence-corrected chi connectivity index (χ3v) is 3.90. The molecule has 2 rings (SSSR count). The van der Waals surface area contributed by atoms with Gasteiger partial charge in [0, 0.05) is 24.8 Å². The van der Waals surface area contributed by atoms with Crippen molar-refractivity contribution in [1.82, 2.24) is 10.2 Å². The molecule has 1 heterocycles. The van der Waals surface area contributed by atoms with Crippen LogP contribution in [0, 0.1) is 6.92 Å². The fourth-order valence-electron chi connectivity index (χ4n) is 2.60. The largest absolute Gasteiger partial charge is 0.318 e. The van der Waals surface area contributed by atoms with Gasteiger partial charge in [-0.3, -0.25) is 9.69 Å². The molecule has 1 aromatic carbocycles. The average Bonchev–Trinajstić information content (AvgIpc) is 2.39. The standard InChI is InChI=1S/C15H23N3O/c1-11-6-5-7-13(8-11)18-10-12(2)17(4)14(9-16-3)15(18)19/h5-8,12,14,16H,9-10H2,1-4H3. The zero-order valence-electron chi connectivity index (χ0n) is 12.2. The Bertz CT molecular complexity index is 460. The molecule has 104 valence electrons. The van der Waals surface area contributed by atoms with Gasteiger partial charge in [-0.2, -0.15) is 0 Å². The minimum absolute atomic E-state index is 0.0886. The Balaban J connectivity index is 2.28. The molecule has 1 amide bonds. The van der Waals surface area contributed by atoms with Crippen LogP contribution in [0.15, 0.2) is 24.3 Å². The Morgan fingerprint density at radius 2 is 2.16 bits per heavy atom. The van der Waals surface area contributed by atoms with Crippen LogP contribution < -0.4 is 10.2 Å². The van der Waals surface area contributed by atoms with Gasteiger partial charge >= 0.3 is 0 Å². The number of hydrogen-bond donors (Lipinski definition) is 1. The maximum absolute atomic E-state index is 12.6. The van der Waals surface area contributed by atoms with E-state index in [9.17, 15) is 4.79 Å². The van der Waals surface area contributed by atoms with Gasteiger partial charge in [-0.1, -0.05) is 12.1 Å². The van der Waals surface area contributed by atoms with E-state index in [0.717, 1.165) is 12.2 Å². The van der Waals surface area contributed by atoms with Crippen molar-refractivity contribution in [1.29, 1.82) is 0 Å². The molecule has 0 saturated carbocycles. The molecule has 0 bridgehead atoms. The highest BCUT2D eigenvalue weighted by Gasteiger charge is 2.36. The molecule has 1 aliphatic rings. The number of likely N-dealkylation sites (N-methyl/N-ethyl adjacent to an activating group) is 2. The summed E-state index contributed by atoms with van der Waals surface area (Å²) in [5, 5.41) is 3.11. The zero-order valence-corrected chi connectivity index (χ0v) is 12.2. The Hall–Kier alpha value is -1.39. The lowest BCUT2D eigenvalue weighted by atomic mass is 10.1. The number of amides is 1. The van der Waals surface area contributed by atoms with Gasteiger partial charge < -0.3 is 10.2 Å². The van der Waals surface area contributed by atoms with Gasteiger partial charge in [0.2, 0.25) is 5.91 Å². The van der Waals surface area contributed by atoms with E-state index in [0.29, 0.717) is 12.6 Å². The van der Waals surface area contributed by atoms with Crippen molar-refractivity contribution in [2.75, 3.05) is 32.1 Å². The third kappa shape index (κ3) is 2.80. The van der Waals surface area contributed by atoms with Crippen LogP contribution >= 0.6 is 0 Å². The van der Waals surface area contributed by atoms with Crippen molar-refractivity contribution in [3.05, 3.63) is 29.8 Å². The molecule has 2 atom stereocenters. The first kappa shape index (κ1) is 14.0. The fraction of sp³-hybridized carbons (Fsp3) is 0.533. The lowest BCUT2D eigenvalue weighted by Crippen LogP contribution is -2.62. The lowest BCUT2D eigenvalue weighted by molar-refractivity contribution is -0.126. The van der Waals surface area contributed by atoms with E-state index >= 15 is 0 Å². The monoisotopic (exact) mass is 261 g/mol. The predicted octanol–water partition coefficient (Wildman–Crippen LogP) is 1.25. The Morgan fingerprint density at radius 1 is 1.42 bits per heavy atom. The second-order valence-corrected chi connectivity index (χ2v) is 5.38. The number of anilines is 1. The summed E-state index contributed by atoms with van der Waals surface area (Å²) < 4.78 is 0. The first-order valence-electron chi connectivity index (χ1n) is 6.79. The van der Waals surface area contributed by atoms with E-state index in [1.54, 1.807) is 0 Å². The fourth-order valence-corrected chi connectivity index (χ4v) is 2.60. The minimum atomic E-state index is -0.0886. The van der Waals surface area contributed by atoms with Crippen molar-refractivity contribution < 1.29 is 4.79 Å². The summed E-state index contributed by atoms with van der Waals surface area (Å²) in [6.45, 7) is 5.65. The van der Waals surface area contributed by atoms with Crippen LogP contribution in [0.5, 0.6) is 0 Å². The van der Waals surface area contributed by atoms with Crippen molar-refractivity contribution >= 4 is 11.6 Å². The van der Waals surface area contributed by atoms with Crippen LogP contribution in [0.4, 0.5) is 5.69 Å². The van der Waals surface area contributed by atoms with Crippen LogP contribution in [0.2, 0.25) is 0 Å². The Morgan fingerprint density at radius 3 is 2.79 bits per heavy atom. The van der Waals surface area contributed by atoms with Crippen LogP contribution in [0.3, 0.4) is 0 Å². The molecule has 0 aromatic heterocycles. The molecule has 0 radical (unpaired) electrons. The molecule has 19 heavy (non-hydrogen) atoms. The highest BCUT2D eigenvalue weighted by molar-refractivity contribution is 5.98. The van der Waals surface area contributed by atoms with E-state index in [2.05, 4.69) is 36.2 Å². The molecule has 1 saturated heterocycles. The first-order valence-corrected chi connectivity index (χ1v) is 6.79. The number of carbonyl (C=O) groups is 1. The smallest absolute Gasteiger partial charge is 0.245 e. The zero-order chi connectivity index (χ0) is 14.0. The number of hydrogen-bond acceptors (Lipinski definition) is 3. The van der Waals surface area contributed by atoms with Crippen LogP contribution in [0.25, 0.3) is 0 Å². The van der Waals surface area contributed by atoms with E-state index in [1.165, 1.54) is 5.56 Å². The molecular formula is C15H23N3O. The molecule has 1 aliphatic heterocycles. The summed E-state index contributed by atoms with van der Waals surface area (Å²) in [4.78, 5) is 16.7. The number of nitrogens with zero attached hydrogens (tertiary/aromatic N) is 2. The maximum Gasteiger partial charge on any atom is 0.245 e. The Kier molecular flexibility index (Phi) is 4.22. The van der Waals surface area contributed by atoms with Gasteiger partial charge in [-0.15, -0.1) is 0 Å². The summed E-state index contributed by atoms with van der Waals surface area (Å²) in [5.74, 6) is 0.181. The molecule has 4 heteroatoms. The van der Waals surface area contributed by atoms with Gasteiger partial charge in [0.05, 0.1) is 0 Å². The highest BCUT2D eigenvalue weighted by atomic mass is 16.2. The normalized spacial score (nSPS) is 24.8. The summed E-state index contributed by atoms with van der Waals surface area (Å²) in [5.41, 5.74) is 2.19. The molecule has 0 aliphatic carbocycles. The number of carbonyl (C=O) groups excluding carboxylic acids is 1. The summed E-state index contributed by atoms with van der Waals surface area (Å²) >= 11 is 0. The number of piperazine rings is 1. The topological polar surface area (TPSA) is 35.6 Å². The second-order valence-electron chi connectivity index (χ2n) is 5.38. The van der Waals surface area contributed by atoms with Crippen LogP contribution in [0.1, 0.15) is 12.5 Å². The molecular weight excluding hydrogens is 238 g/mol. The molecule has 1 N–H and O–H groups in total. The average molecular weight is 261 g/mol. The second kappa shape index (κ2) is 5.72. The summed E-state index contributed by atoms with van der Waals surface area (Å²) in [6, 6.07) is 8.42. The van der Waals surface area contributed by atoms with Crippen LogP contribution in [-0.2, 0) is 4.79 Å². The highest BCUT2D eigenvalue weighted by Crippen LogP contribution is 2.23. The van der Waals surface area contributed by atoms with Crippen molar-refractivity contribution in [3.63, 3.8) is 0 Å². The van der Waals surface area contributed by atoms with Gasteiger partial charge in [-0.25, -0.2) is 0 Å². The van der Waals surface area contributed by atoms with Crippen LogP contribution in [-0.4, -0.2) is 50.1 Å². The third-order valence-electron chi connectivity index (χ3n) is 3.90. The summed E-state index contributed by atoms with van der Waals surface area (Å²) in [6.07, 6.45) is 0. The minimum Gasteiger partial charge on any atom is -0.318 e. The number of benzene rings is 1. The maximum atomic E-state index is 12.6. The van der Waals surface area contributed by atoms with E-state index in [4.69, 9.17) is 0 Å². The predicted molar refractivity (Wildman–Crippen MR) is 78.5 cm³/mol. The van der Waals surface area contributed by atoms with Crippen molar-refractivity contribution in [2.45, 2.75) is 25.9 Å². The summed E-state index contributed by atoms with van der Waals surface area (Å²) in [7, 11) is 3.91. The molecule has 1 fully saturated rings. The number of rotatable bonds is 3. The van der Waals surface area contributed by atoms with E-state index < -0.39 is 0 Å². The number of nitrogens with one attached hydrogen (secondary N) is 1. The quantitative estimate of drug-likeness (QED) is 0.889. The molecule has 0 spiro atoms. The van der Waals surface area contributed by atoms with Gasteiger partial charge in [0.25, 0.3) is 0 Å².